The molecule has 0 bridgehead atoms. The quantitative estimate of drug-likeness (QED) is 0.219. The van der Waals surface area contributed by atoms with Gasteiger partial charge in [0.1, 0.15) is 29.6 Å². The highest BCUT2D eigenvalue weighted by atomic mass is 16.6. The van der Waals surface area contributed by atoms with Crippen molar-refractivity contribution in [2.24, 2.45) is 0 Å². The van der Waals surface area contributed by atoms with Crippen molar-refractivity contribution in [1.82, 2.24) is 25.2 Å². The summed E-state index contributed by atoms with van der Waals surface area (Å²) in [5.41, 5.74) is 2.56. The average Bonchev–Trinajstić information content (AvgIpc) is 2.91. The summed E-state index contributed by atoms with van der Waals surface area (Å²) in [6.45, 7) is 17.2. The van der Waals surface area contributed by atoms with Gasteiger partial charge >= 0.3 is 5.97 Å². The monoisotopic (exact) mass is 581 g/mol. The third kappa shape index (κ3) is 11.5. The van der Waals surface area contributed by atoms with Gasteiger partial charge in [-0.1, -0.05) is 26.8 Å². The van der Waals surface area contributed by atoms with E-state index in [2.05, 4.69) is 63.7 Å². The molecule has 0 saturated heterocycles. The van der Waals surface area contributed by atoms with E-state index >= 15 is 0 Å². The molecule has 1 aliphatic heterocycles. The zero-order chi connectivity index (χ0) is 30.8. The lowest BCUT2D eigenvalue weighted by Crippen LogP contribution is -2.41. The molecule has 42 heavy (non-hydrogen) atoms. The summed E-state index contributed by atoms with van der Waals surface area (Å²) in [5, 5.41) is 9.64. The number of carbonyl (C=O) groups is 2. The molecule has 0 spiro atoms. The third-order valence-corrected chi connectivity index (χ3v) is 7.09. The summed E-state index contributed by atoms with van der Waals surface area (Å²) >= 11 is 0. The molecular formula is C32H51N7O3. The molecule has 10 heteroatoms. The van der Waals surface area contributed by atoms with E-state index in [1.165, 1.54) is 18.8 Å². The van der Waals surface area contributed by atoms with Crippen LogP contribution in [-0.4, -0.2) is 76.1 Å². The minimum atomic E-state index is -0.607. The van der Waals surface area contributed by atoms with E-state index in [9.17, 15) is 9.59 Å². The van der Waals surface area contributed by atoms with Crippen molar-refractivity contribution in [3.63, 3.8) is 0 Å². The Balaban J connectivity index is 1.63. The number of nitrogens with one attached hydrogen (secondary N) is 3. The number of pyridine rings is 1. The van der Waals surface area contributed by atoms with Gasteiger partial charge in [0.05, 0.1) is 5.69 Å². The van der Waals surface area contributed by atoms with E-state index in [4.69, 9.17) is 9.72 Å². The first-order valence-corrected chi connectivity index (χ1v) is 15.3. The average molecular weight is 582 g/mol. The number of aromatic nitrogens is 3. The number of esters is 1. The smallest absolute Gasteiger partial charge is 0.329 e. The summed E-state index contributed by atoms with van der Waals surface area (Å²) in [7, 11) is 0. The fourth-order valence-corrected chi connectivity index (χ4v) is 4.83. The van der Waals surface area contributed by atoms with E-state index in [1.807, 2.05) is 26.8 Å². The number of aryl methyl sites for hydroxylation is 2. The van der Waals surface area contributed by atoms with E-state index in [0.717, 1.165) is 62.4 Å². The zero-order valence-electron chi connectivity index (χ0n) is 26.7. The third-order valence-electron chi connectivity index (χ3n) is 7.09. The van der Waals surface area contributed by atoms with Crippen LogP contribution in [0.25, 0.3) is 0 Å². The predicted molar refractivity (Wildman–Crippen MR) is 168 cm³/mol. The largest absolute Gasteiger partial charge is 0.458 e. The number of anilines is 2. The molecule has 3 heterocycles. The van der Waals surface area contributed by atoms with E-state index in [-0.39, 0.29) is 17.3 Å². The van der Waals surface area contributed by atoms with Crippen LogP contribution in [0.2, 0.25) is 0 Å². The van der Waals surface area contributed by atoms with Gasteiger partial charge in [-0.15, -0.1) is 0 Å². The first-order chi connectivity index (χ1) is 19.8. The van der Waals surface area contributed by atoms with E-state index < -0.39 is 11.6 Å². The lowest BCUT2D eigenvalue weighted by molar-refractivity contribution is -0.156. The summed E-state index contributed by atoms with van der Waals surface area (Å²) in [6, 6.07) is 5.67. The molecule has 10 nitrogen and oxygen atoms in total. The molecule has 2 aromatic rings. The van der Waals surface area contributed by atoms with Crippen molar-refractivity contribution in [1.29, 1.82) is 0 Å². The lowest BCUT2D eigenvalue weighted by Gasteiger charge is -2.28. The Labute approximate surface area is 251 Å². The molecule has 0 aliphatic carbocycles. The molecular weight excluding hydrogens is 530 g/mol. The van der Waals surface area contributed by atoms with Crippen LogP contribution in [0.3, 0.4) is 0 Å². The highest BCUT2D eigenvalue weighted by Crippen LogP contribution is 2.23. The first-order valence-electron chi connectivity index (χ1n) is 15.3. The van der Waals surface area contributed by atoms with Crippen LogP contribution in [0.1, 0.15) is 91.1 Å². The molecule has 0 radical (unpaired) electrons. The van der Waals surface area contributed by atoms with E-state index in [0.29, 0.717) is 31.9 Å². The second-order valence-electron chi connectivity index (χ2n) is 13.2. The molecule has 0 aromatic carbocycles. The Morgan fingerprint density at radius 3 is 2.57 bits per heavy atom. The minimum absolute atomic E-state index is 0.0474. The molecule has 3 N–H and O–H groups in total. The SMILES string of the molecule is CC(=O)NCCN(CCCCc1ccc2c(n1)NCCC2)CC[C@H](Nc1cc(C(C)(C)C)ncn1)C(=O)OC(C)(C)C. The van der Waals surface area contributed by atoms with Crippen LogP contribution in [0.15, 0.2) is 24.5 Å². The molecule has 0 saturated carbocycles. The Morgan fingerprint density at radius 2 is 1.86 bits per heavy atom. The van der Waals surface area contributed by atoms with Crippen molar-refractivity contribution >= 4 is 23.5 Å². The Hall–Kier alpha value is -3.27. The topological polar surface area (TPSA) is 121 Å². The number of fused-ring (bicyclic) bond motifs is 1. The molecule has 2 aromatic heterocycles. The second kappa shape index (κ2) is 15.3. The molecule has 232 valence electrons. The van der Waals surface area contributed by atoms with Crippen molar-refractivity contribution in [2.75, 3.05) is 43.4 Å². The number of carbonyl (C=O) groups excluding carboxylic acids is 2. The summed E-state index contributed by atoms with van der Waals surface area (Å²) in [5.74, 6) is 1.28. The highest BCUT2D eigenvalue weighted by Gasteiger charge is 2.27. The van der Waals surface area contributed by atoms with Crippen molar-refractivity contribution < 1.29 is 14.3 Å². The highest BCUT2D eigenvalue weighted by molar-refractivity contribution is 5.79. The number of nitrogens with zero attached hydrogens (tertiary/aromatic N) is 4. The van der Waals surface area contributed by atoms with Gasteiger partial charge in [0.15, 0.2) is 0 Å². The fraction of sp³-hybridized carbons (Fsp3) is 0.656. The normalized spacial score (nSPS) is 14.1. The molecule has 1 aliphatic rings. The molecule has 0 fully saturated rings. The van der Waals surface area contributed by atoms with Crippen LogP contribution in [-0.2, 0) is 32.6 Å². The van der Waals surface area contributed by atoms with Crippen LogP contribution in [0, 0.1) is 0 Å². The standard InChI is InChI=1S/C32H51N7O3/c1-23(40)33-17-20-39(18-9-8-12-25-14-13-24-11-10-16-34-29(24)37-25)19-15-26(30(41)42-32(5,6)7)38-28-21-27(31(2,3)4)35-22-36-28/h13-14,21-22,26H,8-12,15-20H2,1-7H3,(H,33,40)(H,34,37)(H,35,36,38)/t26-/m0/s1. The van der Waals surface area contributed by atoms with Crippen LogP contribution < -0.4 is 16.0 Å². The van der Waals surface area contributed by atoms with Gasteiger partial charge in [-0.3, -0.25) is 4.79 Å². The summed E-state index contributed by atoms with van der Waals surface area (Å²) in [6.07, 6.45) is 7.21. The number of hydrogen-bond acceptors (Lipinski definition) is 9. The van der Waals surface area contributed by atoms with Gasteiger partial charge in [-0.25, -0.2) is 19.7 Å². The Morgan fingerprint density at radius 1 is 1.07 bits per heavy atom. The number of ether oxygens (including phenoxy) is 1. The van der Waals surface area contributed by atoms with Crippen molar-refractivity contribution in [3.05, 3.63) is 41.5 Å². The number of amides is 1. The zero-order valence-corrected chi connectivity index (χ0v) is 26.7. The maximum absolute atomic E-state index is 13.3. The maximum atomic E-state index is 13.3. The number of unbranched alkanes of at least 4 members (excludes halogenated alkanes) is 1. The Bertz CT molecular complexity index is 1170. The summed E-state index contributed by atoms with van der Waals surface area (Å²) in [4.78, 5) is 40.7. The van der Waals surface area contributed by atoms with Crippen molar-refractivity contribution in [3.8, 4) is 0 Å². The molecule has 1 atom stereocenters. The molecule has 0 unspecified atom stereocenters. The van der Waals surface area contributed by atoms with Crippen molar-refractivity contribution in [2.45, 2.75) is 104 Å². The van der Waals surface area contributed by atoms with Gasteiger partial charge < -0.3 is 25.6 Å². The maximum Gasteiger partial charge on any atom is 0.329 e. The number of rotatable bonds is 14. The van der Waals surface area contributed by atoms with Gasteiger partial charge in [0.2, 0.25) is 5.91 Å². The second-order valence-corrected chi connectivity index (χ2v) is 13.2. The molecule has 3 rings (SSSR count). The van der Waals surface area contributed by atoms with Gasteiger partial charge in [0, 0.05) is 50.3 Å². The lowest BCUT2D eigenvalue weighted by atomic mass is 9.92. The first kappa shape index (κ1) is 33.2. The number of hydrogen-bond donors (Lipinski definition) is 3. The predicted octanol–water partition coefficient (Wildman–Crippen LogP) is 4.50. The van der Waals surface area contributed by atoms with E-state index in [1.54, 1.807) is 0 Å². The van der Waals surface area contributed by atoms with Crippen LogP contribution >= 0.6 is 0 Å². The fourth-order valence-electron chi connectivity index (χ4n) is 4.83. The van der Waals surface area contributed by atoms with Crippen LogP contribution in [0.4, 0.5) is 11.6 Å². The molecule has 1 amide bonds. The Kier molecular flexibility index (Phi) is 12.1. The summed E-state index contributed by atoms with van der Waals surface area (Å²) < 4.78 is 5.77. The van der Waals surface area contributed by atoms with Gasteiger partial charge in [0.25, 0.3) is 0 Å². The minimum Gasteiger partial charge on any atom is -0.458 e. The van der Waals surface area contributed by atoms with Crippen LogP contribution in [0.5, 0.6) is 0 Å². The van der Waals surface area contributed by atoms with Gasteiger partial charge in [-0.2, -0.15) is 0 Å². The van der Waals surface area contributed by atoms with Gasteiger partial charge in [-0.05, 0) is 77.5 Å².